The first-order chi connectivity index (χ1) is 10.3. The van der Waals surface area contributed by atoms with Crippen molar-refractivity contribution in [2.45, 2.75) is 39.2 Å². The first kappa shape index (κ1) is 15.8. The van der Waals surface area contributed by atoms with Crippen molar-refractivity contribution < 1.29 is 4.84 Å². The van der Waals surface area contributed by atoms with Gasteiger partial charge in [-0.05, 0) is 36.5 Å². The van der Waals surface area contributed by atoms with Crippen LogP contribution in [0.3, 0.4) is 0 Å². The van der Waals surface area contributed by atoms with E-state index in [-0.39, 0.29) is 0 Å². The highest BCUT2D eigenvalue weighted by atomic mass is 16.6. The van der Waals surface area contributed by atoms with Crippen molar-refractivity contribution in [1.82, 2.24) is 10.8 Å². The molecule has 0 saturated heterocycles. The van der Waals surface area contributed by atoms with Crippen LogP contribution in [0, 0.1) is 0 Å². The molecule has 0 unspecified atom stereocenters. The van der Waals surface area contributed by atoms with Crippen LogP contribution in [0.1, 0.15) is 38.7 Å². The van der Waals surface area contributed by atoms with Crippen LogP contribution < -0.4 is 10.8 Å². The minimum atomic E-state index is 0.496. The van der Waals surface area contributed by atoms with E-state index >= 15 is 0 Å². The predicted octanol–water partition coefficient (Wildman–Crippen LogP) is 3.66. The van der Waals surface area contributed by atoms with Crippen LogP contribution in [-0.4, -0.2) is 19.2 Å². The van der Waals surface area contributed by atoms with Crippen molar-refractivity contribution >= 4 is 6.08 Å². The van der Waals surface area contributed by atoms with E-state index in [1.165, 1.54) is 17.6 Å². The van der Waals surface area contributed by atoms with Gasteiger partial charge in [0.1, 0.15) is 0 Å². The number of benzene rings is 1. The van der Waals surface area contributed by atoms with Gasteiger partial charge in [0.15, 0.2) is 0 Å². The molecule has 0 heterocycles. The van der Waals surface area contributed by atoms with E-state index in [1.54, 1.807) is 0 Å². The Morgan fingerprint density at radius 2 is 2.05 bits per heavy atom. The van der Waals surface area contributed by atoms with Gasteiger partial charge in [-0.1, -0.05) is 50.3 Å². The molecule has 114 valence electrons. The van der Waals surface area contributed by atoms with Gasteiger partial charge in [-0.2, -0.15) is 0 Å². The molecule has 0 fully saturated rings. The average molecular weight is 286 g/mol. The van der Waals surface area contributed by atoms with Crippen LogP contribution in [-0.2, 0) is 4.84 Å². The number of allylic oxidation sites excluding steroid dienone is 2. The average Bonchev–Trinajstić information content (AvgIpc) is 2.49. The molecule has 0 aliphatic heterocycles. The lowest BCUT2D eigenvalue weighted by Crippen LogP contribution is -2.29. The first-order valence-electron chi connectivity index (χ1n) is 7.83. The van der Waals surface area contributed by atoms with E-state index in [9.17, 15) is 0 Å². The zero-order valence-electron chi connectivity index (χ0n) is 13.1. The van der Waals surface area contributed by atoms with Gasteiger partial charge in [0.25, 0.3) is 0 Å². The lowest BCUT2D eigenvalue weighted by atomic mass is 9.97. The van der Waals surface area contributed by atoms with Crippen LogP contribution in [0.4, 0.5) is 0 Å². The molecule has 3 nitrogen and oxygen atoms in total. The quantitative estimate of drug-likeness (QED) is 0.593. The second-order valence-electron chi connectivity index (χ2n) is 5.65. The van der Waals surface area contributed by atoms with Crippen LogP contribution in [0.5, 0.6) is 0 Å². The lowest BCUT2D eigenvalue weighted by Gasteiger charge is -2.19. The Bertz CT molecular complexity index is 477. The molecule has 0 atom stereocenters. The van der Waals surface area contributed by atoms with E-state index in [2.05, 4.69) is 61.1 Å². The molecule has 0 aromatic heterocycles. The number of rotatable bonds is 7. The normalized spacial score (nSPS) is 17.1. The Labute approximate surface area is 128 Å². The molecule has 3 heteroatoms. The molecule has 1 aliphatic rings. The minimum Gasteiger partial charge on any atom is -0.312 e. The van der Waals surface area contributed by atoms with E-state index in [1.807, 2.05) is 6.07 Å². The van der Waals surface area contributed by atoms with Gasteiger partial charge in [0, 0.05) is 12.6 Å². The molecule has 2 rings (SSSR count). The van der Waals surface area contributed by atoms with E-state index in [0.717, 1.165) is 25.1 Å². The van der Waals surface area contributed by atoms with Crippen molar-refractivity contribution in [1.29, 1.82) is 0 Å². The Morgan fingerprint density at radius 1 is 1.24 bits per heavy atom. The maximum absolute atomic E-state index is 5.57. The monoisotopic (exact) mass is 286 g/mol. The fourth-order valence-corrected chi connectivity index (χ4v) is 2.34. The Kier molecular flexibility index (Phi) is 6.51. The molecule has 1 aromatic carbocycles. The van der Waals surface area contributed by atoms with Crippen LogP contribution in [0.25, 0.3) is 6.08 Å². The third kappa shape index (κ3) is 5.74. The van der Waals surface area contributed by atoms with Gasteiger partial charge in [0.05, 0.1) is 12.3 Å². The first-order valence-corrected chi connectivity index (χ1v) is 7.83. The summed E-state index contributed by atoms with van der Waals surface area (Å²) in [5, 5.41) is 3.34. The SMILES string of the molecule is CC(C)NCCONC1=CCCCC1=Cc1ccccc1. The second-order valence-corrected chi connectivity index (χ2v) is 5.65. The Balaban J connectivity index is 1.87. The molecule has 1 aromatic rings. The fourth-order valence-electron chi connectivity index (χ4n) is 2.34. The van der Waals surface area contributed by atoms with Crippen molar-refractivity contribution in [3.05, 3.63) is 53.2 Å². The summed E-state index contributed by atoms with van der Waals surface area (Å²) >= 11 is 0. The molecule has 2 N–H and O–H groups in total. The summed E-state index contributed by atoms with van der Waals surface area (Å²) in [6.45, 7) is 5.79. The van der Waals surface area contributed by atoms with Gasteiger partial charge in [-0.25, -0.2) is 0 Å². The zero-order chi connectivity index (χ0) is 14.9. The number of hydrogen-bond donors (Lipinski definition) is 2. The molecule has 0 radical (unpaired) electrons. The molecule has 0 spiro atoms. The predicted molar refractivity (Wildman–Crippen MR) is 88.6 cm³/mol. The minimum absolute atomic E-state index is 0.496. The van der Waals surface area contributed by atoms with Gasteiger partial charge in [-0.3, -0.25) is 10.3 Å². The van der Waals surface area contributed by atoms with Crippen molar-refractivity contribution in [2.24, 2.45) is 0 Å². The smallest absolute Gasteiger partial charge is 0.0870 e. The molecule has 0 bridgehead atoms. The summed E-state index contributed by atoms with van der Waals surface area (Å²) in [7, 11) is 0. The van der Waals surface area contributed by atoms with Crippen molar-refractivity contribution in [3.63, 3.8) is 0 Å². The highest BCUT2D eigenvalue weighted by Gasteiger charge is 2.10. The molecular weight excluding hydrogens is 260 g/mol. The van der Waals surface area contributed by atoms with Crippen molar-refractivity contribution in [2.75, 3.05) is 13.2 Å². The largest absolute Gasteiger partial charge is 0.312 e. The summed E-state index contributed by atoms with van der Waals surface area (Å²) in [5.74, 6) is 0. The van der Waals surface area contributed by atoms with Gasteiger partial charge < -0.3 is 5.32 Å². The van der Waals surface area contributed by atoms with Crippen LogP contribution in [0.2, 0.25) is 0 Å². The molecule has 0 amide bonds. The van der Waals surface area contributed by atoms with Gasteiger partial charge in [0.2, 0.25) is 0 Å². The van der Waals surface area contributed by atoms with E-state index in [4.69, 9.17) is 4.84 Å². The molecular formula is C18H26N2O. The number of hydroxylamine groups is 1. The summed E-state index contributed by atoms with van der Waals surface area (Å²) < 4.78 is 0. The standard InChI is InChI=1S/C18H26N2O/c1-15(2)19-12-13-21-20-18-11-7-6-10-17(18)14-16-8-4-3-5-9-16/h3-5,8-9,11,14-15,19-20H,6-7,10,12-13H2,1-2H3. The molecule has 21 heavy (non-hydrogen) atoms. The Morgan fingerprint density at radius 3 is 2.81 bits per heavy atom. The maximum Gasteiger partial charge on any atom is 0.0870 e. The van der Waals surface area contributed by atoms with Gasteiger partial charge >= 0.3 is 0 Å². The van der Waals surface area contributed by atoms with Crippen molar-refractivity contribution in [3.8, 4) is 0 Å². The maximum atomic E-state index is 5.57. The van der Waals surface area contributed by atoms with E-state index < -0.39 is 0 Å². The second kappa shape index (κ2) is 8.65. The topological polar surface area (TPSA) is 33.3 Å². The van der Waals surface area contributed by atoms with Crippen LogP contribution >= 0.6 is 0 Å². The summed E-state index contributed by atoms with van der Waals surface area (Å²) in [4.78, 5) is 5.57. The molecule has 1 aliphatic carbocycles. The highest BCUT2D eigenvalue weighted by molar-refractivity contribution is 5.58. The van der Waals surface area contributed by atoms with E-state index in [0.29, 0.717) is 12.6 Å². The third-order valence-corrected chi connectivity index (χ3v) is 3.42. The summed E-state index contributed by atoms with van der Waals surface area (Å²) in [6, 6.07) is 10.9. The number of hydrogen-bond acceptors (Lipinski definition) is 3. The lowest BCUT2D eigenvalue weighted by molar-refractivity contribution is 0.0646. The van der Waals surface area contributed by atoms with Gasteiger partial charge in [-0.15, -0.1) is 0 Å². The summed E-state index contributed by atoms with van der Waals surface area (Å²) in [5.41, 5.74) is 6.80. The Hall–Kier alpha value is -1.58. The van der Waals surface area contributed by atoms with Crippen LogP contribution in [0.15, 0.2) is 47.7 Å². The zero-order valence-corrected chi connectivity index (χ0v) is 13.1. The highest BCUT2D eigenvalue weighted by Crippen LogP contribution is 2.24. The molecule has 0 saturated carbocycles. The summed E-state index contributed by atoms with van der Waals surface area (Å²) in [6.07, 6.45) is 7.89. The third-order valence-electron chi connectivity index (χ3n) is 3.42. The fraction of sp³-hybridized carbons (Fsp3) is 0.444. The number of nitrogens with one attached hydrogen (secondary N) is 2.